The van der Waals surface area contributed by atoms with Gasteiger partial charge in [-0.1, -0.05) is 13.0 Å². The lowest BCUT2D eigenvalue weighted by Gasteiger charge is -2.13. The lowest BCUT2D eigenvalue weighted by Crippen LogP contribution is -2.29. The molecule has 4 heteroatoms. The molecule has 1 aromatic heterocycles. The summed E-state index contributed by atoms with van der Waals surface area (Å²) in [6.45, 7) is 9.93. The minimum Gasteiger partial charge on any atom is -0.316 e. The van der Waals surface area contributed by atoms with Gasteiger partial charge in [-0.05, 0) is 19.8 Å². The van der Waals surface area contributed by atoms with Crippen molar-refractivity contribution in [3.8, 4) is 0 Å². The van der Waals surface area contributed by atoms with Crippen molar-refractivity contribution in [3.05, 3.63) is 24.8 Å². The second-order valence-corrected chi connectivity index (χ2v) is 4.02. The maximum atomic E-state index is 4.05. The zero-order valence-corrected chi connectivity index (χ0v) is 10.3. The van der Waals surface area contributed by atoms with E-state index in [1.165, 1.54) is 0 Å². The molecule has 16 heavy (non-hydrogen) atoms. The van der Waals surface area contributed by atoms with Crippen LogP contribution in [0.4, 0.5) is 0 Å². The van der Waals surface area contributed by atoms with E-state index in [1.807, 2.05) is 6.08 Å². The number of aryl methyl sites for hydroxylation is 1. The molecule has 4 nitrogen and oxygen atoms in total. The molecule has 0 aliphatic rings. The fraction of sp³-hybridized carbons (Fsp3) is 0.667. The van der Waals surface area contributed by atoms with E-state index in [0.29, 0.717) is 6.04 Å². The second-order valence-electron chi connectivity index (χ2n) is 4.02. The zero-order valence-electron chi connectivity index (χ0n) is 10.3. The minimum atomic E-state index is 0.541. The van der Waals surface area contributed by atoms with Gasteiger partial charge in [0.2, 0.25) is 0 Å². The maximum absolute atomic E-state index is 4.05. The van der Waals surface area contributed by atoms with Crippen LogP contribution in [0.3, 0.4) is 0 Å². The highest BCUT2D eigenvalue weighted by Gasteiger charge is 2.02. The average molecular weight is 222 g/mol. The molecular weight excluding hydrogens is 200 g/mol. The molecule has 0 amide bonds. The van der Waals surface area contributed by atoms with Crippen molar-refractivity contribution in [1.82, 2.24) is 20.1 Å². The highest BCUT2D eigenvalue weighted by Crippen LogP contribution is 1.98. The van der Waals surface area contributed by atoms with Crippen LogP contribution in [-0.2, 0) is 13.0 Å². The predicted octanol–water partition coefficient (Wildman–Crippen LogP) is 1.78. The molecule has 0 aromatic carbocycles. The van der Waals surface area contributed by atoms with E-state index in [1.54, 1.807) is 6.33 Å². The van der Waals surface area contributed by atoms with Gasteiger partial charge in [0, 0.05) is 25.6 Å². The second kappa shape index (κ2) is 7.17. The zero-order chi connectivity index (χ0) is 11.8. The summed E-state index contributed by atoms with van der Waals surface area (Å²) in [5.41, 5.74) is 0. The Morgan fingerprint density at radius 1 is 1.62 bits per heavy atom. The van der Waals surface area contributed by atoms with Gasteiger partial charge in [0.05, 0.1) is 0 Å². The van der Waals surface area contributed by atoms with Gasteiger partial charge in [-0.3, -0.25) is 0 Å². The molecule has 0 fully saturated rings. The third-order valence-electron chi connectivity index (χ3n) is 2.66. The fourth-order valence-corrected chi connectivity index (χ4v) is 1.64. The normalized spacial score (nSPS) is 12.6. The summed E-state index contributed by atoms with van der Waals surface area (Å²) in [6.07, 6.45) is 6.92. The molecule has 0 saturated carbocycles. The van der Waals surface area contributed by atoms with Crippen molar-refractivity contribution in [2.24, 2.45) is 0 Å². The molecule has 90 valence electrons. The van der Waals surface area contributed by atoms with Crippen molar-refractivity contribution in [2.75, 3.05) is 6.54 Å². The van der Waals surface area contributed by atoms with E-state index in [-0.39, 0.29) is 0 Å². The summed E-state index contributed by atoms with van der Waals surface area (Å²) >= 11 is 0. The van der Waals surface area contributed by atoms with Crippen LogP contribution in [0.5, 0.6) is 0 Å². The van der Waals surface area contributed by atoms with Gasteiger partial charge in [-0.2, -0.15) is 0 Å². The van der Waals surface area contributed by atoms with Crippen LogP contribution >= 0.6 is 0 Å². The largest absolute Gasteiger partial charge is 0.316 e. The van der Waals surface area contributed by atoms with Crippen LogP contribution in [0.25, 0.3) is 0 Å². The number of allylic oxidation sites excluding steroid dienone is 1. The highest BCUT2D eigenvalue weighted by atomic mass is 15.3. The van der Waals surface area contributed by atoms with Crippen molar-refractivity contribution in [1.29, 1.82) is 0 Å². The topological polar surface area (TPSA) is 42.7 Å². The van der Waals surface area contributed by atoms with Gasteiger partial charge in [0.15, 0.2) is 0 Å². The first-order valence-corrected chi connectivity index (χ1v) is 5.98. The standard InChI is InChI=1S/C12H22N4/c1-4-6-7-11(3)13-8-9-16-10-14-15-12(16)5-2/h4,10-11,13H,1,5-9H2,2-3H3. The predicted molar refractivity (Wildman–Crippen MR) is 66.3 cm³/mol. The number of rotatable bonds is 8. The lowest BCUT2D eigenvalue weighted by molar-refractivity contribution is 0.488. The van der Waals surface area contributed by atoms with Gasteiger partial charge >= 0.3 is 0 Å². The smallest absolute Gasteiger partial charge is 0.132 e. The van der Waals surface area contributed by atoms with E-state index < -0.39 is 0 Å². The number of nitrogens with one attached hydrogen (secondary N) is 1. The Labute approximate surface area is 97.8 Å². The van der Waals surface area contributed by atoms with E-state index >= 15 is 0 Å². The monoisotopic (exact) mass is 222 g/mol. The Kier molecular flexibility index (Phi) is 5.78. The van der Waals surface area contributed by atoms with Crippen molar-refractivity contribution >= 4 is 0 Å². The minimum absolute atomic E-state index is 0.541. The van der Waals surface area contributed by atoms with Crippen molar-refractivity contribution < 1.29 is 0 Å². The van der Waals surface area contributed by atoms with Crippen LogP contribution in [-0.4, -0.2) is 27.4 Å². The molecule has 0 bridgehead atoms. The molecule has 1 heterocycles. The van der Waals surface area contributed by atoms with Gasteiger partial charge in [0.25, 0.3) is 0 Å². The average Bonchev–Trinajstić information content (AvgIpc) is 2.74. The third-order valence-corrected chi connectivity index (χ3v) is 2.66. The number of nitrogens with zero attached hydrogens (tertiary/aromatic N) is 3. The van der Waals surface area contributed by atoms with Gasteiger partial charge in [-0.25, -0.2) is 0 Å². The molecule has 1 aromatic rings. The van der Waals surface area contributed by atoms with E-state index in [4.69, 9.17) is 0 Å². The number of hydrogen-bond acceptors (Lipinski definition) is 3. The first-order valence-electron chi connectivity index (χ1n) is 5.98. The van der Waals surface area contributed by atoms with Crippen molar-refractivity contribution in [2.45, 2.75) is 45.7 Å². The number of hydrogen-bond donors (Lipinski definition) is 1. The lowest BCUT2D eigenvalue weighted by atomic mass is 10.2. The Balaban J connectivity index is 2.22. The van der Waals surface area contributed by atoms with E-state index in [2.05, 4.69) is 40.5 Å². The molecule has 0 spiro atoms. The first-order chi connectivity index (χ1) is 7.77. The Bertz CT molecular complexity index is 306. The summed E-state index contributed by atoms with van der Waals surface area (Å²) in [7, 11) is 0. The molecule has 1 atom stereocenters. The molecule has 0 saturated heterocycles. The number of aromatic nitrogens is 3. The van der Waals surface area contributed by atoms with Gasteiger partial charge < -0.3 is 9.88 Å². The van der Waals surface area contributed by atoms with Gasteiger partial charge in [0.1, 0.15) is 12.2 Å². The third kappa shape index (κ3) is 4.14. The molecule has 0 aliphatic heterocycles. The van der Waals surface area contributed by atoms with Crippen LogP contribution in [0.15, 0.2) is 19.0 Å². The van der Waals surface area contributed by atoms with Crippen LogP contribution < -0.4 is 5.32 Å². The summed E-state index contributed by atoms with van der Waals surface area (Å²) in [5, 5.41) is 11.4. The molecular formula is C12H22N4. The van der Waals surface area contributed by atoms with Gasteiger partial charge in [-0.15, -0.1) is 16.8 Å². The molecule has 1 N–H and O–H groups in total. The summed E-state index contributed by atoms with van der Waals surface area (Å²) in [6, 6.07) is 0.541. The summed E-state index contributed by atoms with van der Waals surface area (Å²) in [5.74, 6) is 1.06. The molecule has 0 aliphatic carbocycles. The van der Waals surface area contributed by atoms with Crippen molar-refractivity contribution in [3.63, 3.8) is 0 Å². The summed E-state index contributed by atoms with van der Waals surface area (Å²) in [4.78, 5) is 0. The van der Waals surface area contributed by atoms with Crippen LogP contribution in [0, 0.1) is 0 Å². The van der Waals surface area contributed by atoms with Crippen LogP contribution in [0.2, 0.25) is 0 Å². The highest BCUT2D eigenvalue weighted by molar-refractivity contribution is 4.84. The van der Waals surface area contributed by atoms with Crippen LogP contribution in [0.1, 0.15) is 32.5 Å². The quantitative estimate of drug-likeness (QED) is 0.682. The first kappa shape index (κ1) is 12.9. The molecule has 1 rings (SSSR count). The Morgan fingerprint density at radius 3 is 3.12 bits per heavy atom. The molecule has 0 radical (unpaired) electrons. The van der Waals surface area contributed by atoms with E-state index in [0.717, 1.165) is 38.2 Å². The fourth-order valence-electron chi connectivity index (χ4n) is 1.64. The summed E-state index contributed by atoms with van der Waals surface area (Å²) < 4.78 is 2.10. The maximum Gasteiger partial charge on any atom is 0.132 e. The Morgan fingerprint density at radius 2 is 2.44 bits per heavy atom. The van der Waals surface area contributed by atoms with E-state index in [9.17, 15) is 0 Å². The SMILES string of the molecule is C=CCCC(C)NCCn1cnnc1CC. The molecule has 1 unspecified atom stereocenters. The Hall–Kier alpha value is -1.16.